The van der Waals surface area contributed by atoms with Gasteiger partial charge >= 0.3 is 6.16 Å². The van der Waals surface area contributed by atoms with Crippen LogP contribution in [0.1, 0.15) is 93.4 Å². The number of carbonyl (C=O) groups excluding carboxylic acids is 8. The van der Waals surface area contributed by atoms with Crippen LogP contribution in [-0.4, -0.2) is 121 Å². The zero-order valence-corrected chi connectivity index (χ0v) is 42.4. The van der Waals surface area contributed by atoms with Crippen LogP contribution in [0.3, 0.4) is 0 Å². The highest BCUT2D eigenvalue weighted by Gasteiger charge is 2.33. The molecule has 1 saturated heterocycles. The van der Waals surface area contributed by atoms with Crippen molar-refractivity contribution < 1.29 is 52.9 Å². The Morgan fingerprint density at radius 2 is 1.53 bits per heavy atom. The molecule has 3 unspecified atom stereocenters. The molecule has 1 fully saturated rings. The van der Waals surface area contributed by atoms with Gasteiger partial charge in [0.05, 0.1) is 25.6 Å². The number of rotatable bonds is 17. The number of amides is 7. The van der Waals surface area contributed by atoms with Crippen molar-refractivity contribution in [1.82, 2.24) is 36.4 Å². The summed E-state index contributed by atoms with van der Waals surface area (Å²) in [7, 11) is 1.33. The summed E-state index contributed by atoms with van der Waals surface area (Å²) in [6, 6.07) is 20.6. The molecule has 4 aromatic rings. The molecule has 0 saturated carbocycles. The molecule has 18 heteroatoms. The van der Waals surface area contributed by atoms with Crippen molar-refractivity contribution in [2.45, 2.75) is 91.3 Å². The van der Waals surface area contributed by atoms with Crippen molar-refractivity contribution in [1.29, 1.82) is 0 Å². The van der Waals surface area contributed by atoms with Gasteiger partial charge in [-0.15, -0.1) is 0 Å². The highest BCUT2D eigenvalue weighted by molar-refractivity contribution is 5.97. The van der Waals surface area contributed by atoms with Crippen molar-refractivity contribution in [2.75, 3.05) is 46.4 Å². The minimum atomic E-state index is -1.48. The predicted molar refractivity (Wildman–Crippen MR) is 273 cm³/mol. The second-order valence-corrected chi connectivity index (χ2v) is 19.1. The second kappa shape index (κ2) is 25.6. The van der Waals surface area contributed by atoms with Gasteiger partial charge in [-0.05, 0) is 103 Å². The standard InChI is InChI=1S/C55H67N7O11/c1-7-8-11-36-12-15-38(16-13-36)39-17-19-40(20-18-39)51(67)56-29-34(4)50(66)58-31-48(65)61(6)49-41-21-23-46(73-55(71)72-32-33(2)3)43(28-41)42-26-37(14-22-45(42)63)27-44(60-47(64)30-57-53(49)69)52(68)59-35(5)54(70)62-24-9-10-25-62/h12-23,26,28,33-35,44,49,63H,7-11,24-25,27,29-32H2,1-6H3,(H,56,67)(H,57,69)(H,58,66)(H,59,68)(H,60,64)/t34?,35-,44?,49?/m0/s1. The number of fused-ring (bicyclic) bond motifs is 5. The molecule has 2 aliphatic rings. The van der Waals surface area contributed by atoms with Crippen LogP contribution in [0.4, 0.5) is 4.79 Å². The number of phenols is 1. The molecule has 0 aliphatic carbocycles. The average molecular weight is 1000 g/mol. The number of ether oxygens (including phenoxy) is 2. The molecule has 4 aromatic carbocycles. The van der Waals surface area contributed by atoms with Gasteiger partial charge in [0.1, 0.15) is 29.6 Å². The van der Waals surface area contributed by atoms with Crippen LogP contribution in [-0.2, 0) is 46.3 Å². The summed E-state index contributed by atoms with van der Waals surface area (Å²) in [5, 5.41) is 24.6. The van der Waals surface area contributed by atoms with Crippen molar-refractivity contribution in [3.8, 4) is 33.8 Å². The summed E-state index contributed by atoms with van der Waals surface area (Å²) >= 11 is 0. The maximum absolute atomic E-state index is 14.3. The molecule has 7 amide bonds. The fourth-order valence-electron chi connectivity index (χ4n) is 8.49. The number of likely N-dealkylation sites (tertiary alicyclic amines) is 1. The number of aryl methyl sites for hydroxylation is 1. The normalized spacial score (nSPS) is 16.5. The first-order valence-electron chi connectivity index (χ1n) is 24.9. The third kappa shape index (κ3) is 14.9. The van der Waals surface area contributed by atoms with Gasteiger partial charge in [-0.2, -0.15) is 0 Å². The first-order chi connectivity index (χ1) is 34.9. The molecule has 6 rings (SSSR count). The highest BCUT2D eigenvalue weighted by Crippen LogP contribution is 2.39. The number of carbonyl (C=O) groups is 8. The van der Waals surface area contributed by atoms with Gasteiger partial charge in [0.15, 0.2) is 0 Å². The molecule has 0 spiro atoms. The summed E-state index contributed by atoms with van der Waals surface area (Å²) in [4.78, 5) is 111. The van der Waals surface area contributed by atoms with E-state index in [2.05, 4.69) is 57.8 Å². The van der Waals surface area contributed by atoms with Gasteiger partial charge in [0.2, 0.25) is 35.4 Å². The predicted octanol–water partition coefficient (Wildman–Crippen LogP) is 5.21. The number of unbranched alkanes of at least 4 members (excludes halogenated alkanes) is 1. The number of likely N-dealkylation sites (N-methyl/N-ethyl adjacent to an activating group) is 1. The van der Waals surface area contributed by atoms with E-state index in [9.17, 15) is 43.5 Å². The van der Waals surface area contributed by atoms with Crippen molar-refractivity contribution in [3.63, 3.8) is 0 Å². The van der Waals surface area contributed by atoms with Gasteiger partial charge in [-0.3, -0.25) is 33.6 Å². The molecule has 2 heterocycles. The third-order valence-corrected chi connectivity index (χ3v) is 12.8. The van der Waals surface area contributed by atoms with Gasteiger partial charge in [-0.25, -0.2) is 4.79 Å². The van der Waals surface area contributed by atoms with E-state index in [-0.39, 0.29) is 65.5 Å². The second-order valence-electron chi connectivity index (χ2n) is 19.1. The van der Waals surface area contributed by atoms with Crippen molar-refractivity contribution in [3.05, 3.63) is 107 Å². The van der Waals surface area contributed by atoms with E-state index in [1.54, 1.807) is 36.9 Å². The number of nitrogens with zero attached hydrogens (tertiary/aromatic N) is 2. The zero-order chi connectivity index (χ0) is 52.8. The number of phenolic OH excluding ortho intramolecular Hbond substituents is 1. The molecule has 73 heavy (non-hydrogen) atoms. The number of nitrogens with one attached hydrogen (secondary N) is 5. The van der Waals surface area contributed by atoms with E-state index in [1.165, 1.54) is 42.9 Å². The Balaban J connectivity index is 1.18. The smallest absolute Gasteiger partial charge is 0.507 e. The van der Waals surface area contributed by atoms with E-state index in [1.807, 2.05) is 26.0 Å². The maximum atomic E-state index is 14.3. The van der Waals surface area contributed by atoms with Crippen LogP contribution in [0.15, 0.2) is 84.9 Å². The zero-order valence-electron chi connectivity index (χ0n) is 42.4. The number of hydrogen-bond acceptors (Lipinski definition) is 11. The molecule has 0 radical (unpaired) electrons. The molecular weight excluding hydrogens is 935 g/mol. The van der Waals surface area contributed by atoms with Gasteiger partial charge in [-0.1, -0.05) is 82.6 Å². The topological polar surface area (TPSA) is 242 Å². The quantitative estimate of drug-likeness (QED) is 0.0593. The Labute approximate surface area is 425 Å². The molecule has 0 aromatic heterocycles. The van der Waals surface area contributed by atoms with Crippen molar-refractivity contribution in [2.24, 2.45) is 11.8 Å². The summed E-state index contributed by atoms with van der Waals surface area (Å²) < 4.78 is 10.9. The molecular formula is C55H67N7O11. The van der Waals surface area contributed by atoms with Crippen LogP contribution >= 0.6 is 0 Å². The van der Waals surface area contributed by atoms with Crippen molar-refractivity contribution >= 4 is 47.5 Å². The van der Waals surface area contributed by atoms with Crippen LogP contribution < -0.4 is 31.3 Å². The Morgan fingerprint density at radius 1 is 0.849 bits per heavy atom. The average Bonchev–Trinajstić information content (AvgIpc) is 3.93. The van der Waals surface area contributed by atoms with E-state index in [4.69, 9.17) is 9.47 Å². The van der Waals surface area contributed by atoms with Crippen LogP contribution in [0.5, 0.6) is 11.5 Å². The van der Waals surface area contributed by atoms with Crippen LogP contribution in [0, 0.1) is 11.8 Å². The summed E-state index contributed by atoms with van der Waals surface area (Å²) in [5.41, 5.74) is 4.50. The van der Waals surface area contributed by atoms with E-state index in [0.29, 0.717) is 24.2 Å². The lowest BCUT2D eigenvalue weighted by molar-refractivity contribution is -0.140. The van der Waals surface area contributed by atoms with Gasteiger partial charge < -0.3 is 51.0 Å². The number of aromatic hydroxyl groups is 1. The van der Waals surface area contributed by atoms with E-state index < -0.39 is 72.8 Å². The third-order valence-electron chi connectivity index (χ3n) is 12.8. The minimum absolute atomic E-state index is 0.0137. The summed E-state index contributed by atoms with van der Waals surface area (Å²) in [5.74, 6) is -5.32. The van der Waals surface area contributed by atoms with Crippen LogP contribution in [0.25, 0.3) is 22.3 Å². The summed E-state index contributed by atoms with van der Waals surface area (Å²) in [6.45, 7) is 8.95. The lowest BCUT2D eigenvalue weighted by atomic mass is 9.94. The number of benzene rings is 4. The molecule has 4 atom stereocenters. The molecule has 388 valence electrons. The Hall–Kier alpha value is -7.76. The van der Waals surface area contributed by atoms with E-state index in [0.717, 1.165) is 48.1 Å². The lowest BCUT2D eigenvalue weighted by Gasteiger charge is -2.29. The van der Waals surface area contributed by atoms with Gasteiger partial charge in [0, 0.05) is 49.8 Å². The fourth-order valence-corrected chi connectivity index (χ4v) is 8.49. The van der Waals surface area contributed by atoms with Gasteiger partial charge in [0.25, 0.3) is 5.91 Å². The molecule has 2 aliphatic heterocycles. The largest absolute Gasteiger partial charge is 0.513 e. The maximum Gasteiger partial charge on any atom is 0.513 e. The Kier molecular flexibility index (Phi) is 19.1. The lowest BCUT2D eigenvalue weighted by Crippen LogP contribution is -2.55. The minimum Gasteiger partial charge on any atom is -0.507 e. The molecule has 4 bridgehead atoms. The molecule has 18 nitrogen and oxygen atoms in total. The number of hydrogen-bond donors (Lipinski definition) is 6. The Morgan fingerprint density at radius 3 is 2.21 bits per heavy atom. The fraction of sp³-hybridized carbons (Fsp3) is 0.418. The SMILES string of the molecule is CCCCc1ccc(-c2ccc(C(=O)NCC(C)C(=O)NCC(=O)N(C)C3C(=O)NCC(=O)NC(C(=O)N[C@@H](C)C(=O)N4CCCC4)Cc4ccc(O)c(c4)-c4cc3ccc4OC(=O)OCC(C)C)cc2)cc1. The first kappa shape index (κ1) is 54.6. The van der Waals surface area contributed by atoms with E-state index >= 15 is 0 Å². The Bertz CT molecular complexity index is 2650. The first-order valence-corrected chi connectivity index (χ1v) is 24.9. The monoisotopic (exact) mass is 1000 g/mol. The summed E-state index contributed by atoms with van der Waals surface area (Å²) in [6.07, 6.45) is 3.82. The van der Waals surface area contributed by atoms with Crippen LogP contribution in [0.2, 0.25) is 0 Å². The molecule has 6 N–H and O–H groups in total. The highest BCUT2D eigenvalue weighted by atomic mass is 16.7.